The molecule has 1 aliphatic heterocycles. The standard InChI is InChI=1S/C20H17F3N2O4/c1-29-19(28)12-5-7-15(8-6-12)24-18(27)13-9-17(26)25(11-13)16-4-2-3-14(10-16)20(21,22)23/h2-8,10,13H,9,11H2,1H3,(H,24,27)/t13-/m1/s1. The van der Waals surface area contributed by atoms with E-state index in [9.17, 15) is 27.6 Å². The number of nitrogens with one attached hydrogen (secondary N) is 1. The lowest BCUT2D eigenvalue weighted by Crippen LogP contribution is -2.28. The second kappa shape index (κ2) is 7.94. The maximum absolute atomic E-state index is 12.9. The number of halogens is 3. The highest BCUT2D eigenvalue weighted by Gasteiger charge is 2.37. The summed E-state index contributed by atoms with van der Waals surface area (Å²) in [7, 11) is 1.26. The van der Waals surface area contributed by atoms with Crippen LogP contribution in [-0.2, 0) is 20.5 Å². The Labute approximate surface area is 164 Å². The summed E-state index contributed by atoms with van der Waals surface area (Å²) in [5.74, 6) is -2.08. The van der Waals surface area contributed by atoms with Crippen molar-refractivity contribution in [3.8, 4) is 0 Å². The monoisotopic (exact) mass is 406 g/mol. The molecule has 1 N–H and O–H groups in total. The lowest BCUT2D eigenvalue weighted by Gasteiger charge is -2.18. The highest BCUT2D eigenvalue weighted by Crippen LogP contribution is 2.33. The van der Waals surface area contributed by atoms with Gasteiger partial charge in [-0.3, -0.25) is 9.59 Å². The third-order valence-electron chi connectivity index (χ3n) is 4.55. The third kappa shape index (κ3) is 4.56. The number of amides is 2. The number of esters is 1. The Morgan fingerprint density at radius 2 is 1.83 bits per heavy atom. The predicted octanol–water partition coefficient (Wildman–Crippen LogP) is 3.48. The Hall–Kier alpha value is -3.36. The Balaban J connectivity index is 1.68. The van der Waals surface area contributed by atoms with Gasteiger partial charge in [-0.15, -0.1) is 0 Å². The molecule has 1 atom stereocenters. The topological polar surface area (TPSA) is 75.7 Å². The van der Waals surface area contributed by atoms with E-state index in [0.29, 0.717) is 11.3 Å². The predicted molar refractivity (Wildman–Crippen MR) is 98.3 cm³/mol. The lowest BCUT2D eigenvalue weighted by atomic mass is 10.1. The van der Waals surface area contributed by atoms with Crippen molar-refractivity contribution in [1.29, 1.82) is 0 Å². The summed E-state index contributed by atoms with van der Waals surface area (Å²) in [5, 5.41) is 2.65. The molecule has 0 saturated carbocycles. The van der Waals surface area contributed by atoms with E-state index in [4.69, 9.17) is 0 Å². The first-order chi connectivity index (χ1) is 13.7. The summed E-state index contributed by atoms with van der Waals surface area (Å²) in [4.78, 5) is 37.4. The largest absolute Gasteiger partial charge is 0.465 e. The molecule has 2 amide bonds. The van der Waals surface area contributed by atoms with Gasteiger partial charge in [-0.1, -0.05) is 6.07 Å². The van der Waals surface area contributed by atoms with Gasteiger partial charge in [0.1, 0.15) is 0 Å². The van der Waals surface area contributed by atoms with Gasteiger partial charge < -0.3 is 15.0 Å². The van der Waals surface area contributed by atoms with Crippen LogP contribution in [0, 0.1) is 5.92 Å². The molecule has 0 unspecified atom stereocenters. The van der Waals surface area contributed by atoms with Crippen molar-refractivity contribution in [3.05, 3.63) is 59.7 Å². The van der Waals surface area contributed by atoms with E-state index in [1.165, 1.54) is 48.4 Å². The molecule has 6 nitrogen and oxygen atoms in total. The number of carbonyl (C=O) groups is 3. The third-order valence-corrected chi connectivity index (χ3v) is 4.55. The van der Waals surface area contributed by atoms with Gasteiger partial charge >= 0.3 is 12.1 Å². The van der Waals surface area contributed by atoms with Crippen molar-refractivity contribution in [2.45, 2.75) is 12.6 Å². The SMILES string of the molecule is COC(=O)c1ccc(NC(=O)[C@@H]2CC(=O)N(c3cccc(C(F)(F)F)c3)C2)cc1. The summed E-state index contributed by atoms with van der Waals surface area (Å²) in [6.45, 7) is -0.0216. The number of alkyl halides is 3. The molecule has 2 aromatic carbocycles. The number of nitrogens with zero attached hydrogens (tertiary/aromatic N) is 1. The maximum Gasteiger partial charge on any atom is 0.416 e. The van der Waals surface area contributed by atoms with Gasteiger partial charge in [-0.25, -0.2) is 4.79 Å². The zero-order chi connectivity index (χ0) is 21.2. The van der Waals surface area contributed by atoms with Crippen molar-refractivity contribution in [2.75, 3.05) is 23.9 Å². The second-order valence-electron chi connectivity index (χ2n) is 6.51. The number of benzene rings is 2. The maximum atomic E-state index is 12.9. The van der Waals surface area contributed by atoms with Crippen LogP contribution in [0.3, 0.4) is 0 Å². The lowest BCUT2D eigenvalue weighted by molar-refractivity contribution is -0.137. The Bertz CT molecular complexity index is 941. The fraction of sp³-hybridized carbons (Fsp3) is 0.250. The number of anilines is 2. The highest BCUT2D eigenvalue weighted by atomic mass is 19.4. The van der Waals surface area contributed by atoms with Crippen LogP contribution < -0.4 is 10.2 Å². The van der Waals surface area contributed by atoms with Gasteiger partial charge in [0.15, 0.2) is 0 Å². The molecule has 1 fully saturated rings. The number of hydrogen-bond acceptors (Lipinski definition) is 4. The molecule has 29 heavy (non-hydrogen) atoms. The molecule has 0 spiro atoms. The first kappa shape index (κ1) is 20.4. The summed E-state index contributed by atoms with van der Waals surface area (Å²) in [6.07, 6.45) is -4.63. The van der Waals surface area contributed by atoms with Crippen molar-refractivity contribution in [2.24, 2.45) is 5.92 Å². The molecule has 2 aromatic rings. The van der Waals surface area contributed by atoms with Gasteiger partial charge in [-0.2, -0.15) is 13.2 Å². The van der Waals surface area contributed by atoms with Crippen LogP contribution in [-0.4, -0.2) is 31.4 Å². The zero-order valence-electron chi connectivity index (χ0n) is 15.3. The summed E-state index contributed by atoms with van der Waals surface area (Å²) in [5.41, 5.74) is -0.0196. The molecule has 1 aliphatic rings. The second-order valence-corrected chi connectivity index (χ2v) is 6.51. The van der Waals surface area contributed by atoms with E-state index in [2.05, 4.69) is 10.1 Å². The normalized spacial score (nSPS) is 16.6. The van der Waals surface area contributed by atoms with E-state index < -0.39 is 35.4 Å². The zero-order valence-corrected chi connectivity index (χ0v) is 15.3. The minimum absolute atomic E-state index is 0.0216. The van der Waals surface area contributed by atoms with E-state index >= 15 is 0 Å². The molecule has 0 radical (unpaired) electrons. The van der Waals surface area contributed by atoms with E-state index in [1.54, 1.807) is 0 Å². The van der Waals surface area contributed by atoms with Crippen molar-refractivity contribution >= 4 is 29.2 Å². The molecule has 9 heteroatoms. The molecule has 0 aromatic heterocycles. The molecule has 3 rings (SSSR count). The van der Waals surface area contributed by atoms with Gasteiger partial charge in [0, 0.05) is 24.3 Å². The van der Waals surface area contributed by atoms with Crippen LogP contribution in [0.1, 0.15) is 22.3 Å². The van der Waals surface area contributed by atoms with Crippen LogP contribution in [0.5, 0.6) is 0 Å². The number of rotatable bonds is 4. The molecule has 1 heterocycles. The van der Waals surface area contributed by atoms with Crippen LogP contribution in [0.25, 0.3) is 0 Å². The summed E-state index contributed by atoms with van der Waals surface area (Å²) >= 11 is 0. The quantitative estimate of drug-likeness (QED) is 0.789. The summed E-state index contributed by atoms with van der Waals surface area (Å²) in [6, 6.07) is 10.4. The van der Waals surface area contributed by atoms with E-state index in [-0.39, 0.29) is 18.7 Å². The van der Waals surface area contributed by atoms with Gasteiger partial charge in [0.2, 0.25) is 11.8 Å². The average Bonchev–Trinajstić information content (AvgIpc) is 3.09. The van der Waals surface area contributed by atoms with Crippen molar-refractivity contribution in [3.63, 3.8) is 0 Å². The van der Waals surface area contributed by atoms with Crippen LogP contribution in [0.2, 0.25) is 0 Å². The number of carbonyl (C=O) groups excluding carboxylic acids is 3. The molecule has 152 valence electrons. The first-order valence-corrected chi connectivity index (χ1v) is 8.66. The summed E-state index contributed by atoms with van der Waals surface area (Å²) < 4.78 is 43.3. The highest BCUT2D eigenvalue weighted by molar-refractivity contribution is 6.03. The molecule has 0 bridgehead atoms. The number of hydrogen-bond donors (Lipinski definition) is 1. The van der Waals surface area contributed by atoms with Crippen LogP contribution >= 0.6 is 0 Å². The minimum Gasteiger partial charge on any atom is -0.465 e. The molecular formula is C20H17F3N2O4. The van der Waals surface area contributed by atoms with Gasteiger partial charge in [0.25, 0.3) is 0 Å². The van der Waals surface area contributed by atoms with Gasteiger partial charge in [0.05, 0.1) is 24.2 Å². The van der Waals surface area contributed by atoms with E-state index in [0.717, 1.165) is 12.1 Å². The number of ether oxygens (including phenoxy) is 1. The number of methoxy groups -OCH3 is 1. The van der Waals surface area contributed by atoms with Crippen molar-refractivity contribution in [1.82, 2.24) is 0 Å². The van der Waals surface area contributed by atoms with Crippen LogP contribution in [0.15, 0.2) is 48.5 Å². The van der Waals surface area contributed by atoms with Crippen LogP contribution in [0.4, 0.5) is 24.5 Å². The van der Waals surface area contributed by atoms with E-state index in [1.807, 2.05) is 0 Å². The smallest absolute Gasteiger partial charge is 0.416 e. The molecule has 1 saturated heterocycles. The van der Waals surface area contributed by atoms with Crippen molar-refractivity contribution < 1.29 is 32.3 Å². The Kier molecular flexibility index (Phi) is 5.58. The molecular weight excluding hydrogens is 389 g/mol. The minimum atomic E-state index is -4.52. The Morgan fingerprint density at radius 1 is 1.14 bits per heavy atom. The molecule has 0 aliphatic carbocycles. The first-order valence-electron chi connectivity index (χ1n) is 8.66. The fourth-order valence-corrected chi connectivity index (χ4v) is 3.03. The average molecular weight is 406 g/mol. The van der Waals surface area contributed by atoms with Gasteiger partial charge in [-0.05, 0) is 42.5 Å². The fourth-order valence-electron chi connectivity index (χ4n) is 3.03. The Morgan fingerprint density at radius 3 is 2.45 bits per heavy atom.